The molecule has 0 N–H and O–H groups in total. The number of carbonyl (C=O) groups is 2. The Hall–Kier alpha value is -4.36. The number of amides is 2. The number of hydrogen-bond acceptors (Lipinski definition) is 5. The average molecular weight is 604 g/mol. The van der Waals surface area contributed by atoms with Crippen LogP contribution in [-0.4, -0.2) is 60.7 Å². The van der Waals surface area contributed by atoms with Crippen molar-refractivity contribution in [1.82, 2.24) is 9.80 Å². The number of hydrogen-bond donors (Lipinski definition) is 0. The molecule has 2 heterocycles. The van der Waals surface area contributed by atoms with Crippen LogP contribution in [0.25, 0.3) is 10.8 Å². The molecule has 7 heteroatoms. The third-order valence-electron chi connectivity index (χ3n) is 9.52. The lowest BCUT2D eigenvalue weighted by molar-refractivity contribution is 0.00814. The molecule has 2 amide bonds. The normalized spacial score (nSPS) is 17.6. The van der Waals surface area contributed by atoms with E-state index in [4.69, 9.17) is 9.47 Å². The summed E-state index contributed by atoms with van der Waals surface area (Å²) in [6.07, 6.45) is 2.88. The maximum atomic E-state index is 13.5. The van der Waals surface area contributed by atoms with E-state index in [1.165, 1.54) is 16.7 Å². The number of nitrogens with zero attached hydrogens (tertiary/aromatic N) is 3. The third kappa shape index (κ3) is 5.54. The molecule has 1 aliphatic carbocycles. The van der Waals surface area contributed by atoms with Crippen LogP contribution < -0.4 is 9.64 Å². The number of methoxy groups -OCH3 is 1. The Morgan fingerprint density at radius 3 is 2.18 bits per heavy atom. The molecule has 232 valence electrons. The van der Waals surface area contributed by atoms with Gasteiger partial charge < -0.3 is 19.3 Å². The van der Waals surface area contributed by atoms with Crippen molar-refractivity contribution in [2.75, 3.05) is 38.2 Å². The van der Waals surface area contributed by atoms with E-state index in [0.29, 0.717) is 19.6 Å². The van der Waals surface area contributed by atoms with Gasteiger partial charge in [0.05, 0.1) is 19.3 Å². The van der Waals surface area contributed by atoms with Gasteiger partial charge in [-0.1, -0.05) is 54.6 Å². The second-order valence-electron chi connectivity index (χ2n) is 13.6. The molecule has 3 aliphatic rings. The summed E-state index contributed by atoms with van der Waals surface area (Å²) in [5, 5.41) is 2.19. The predicted octanol–water partition coefficient (Wildman–Crippen LogP) is 7.14. The lowest BCUT2D eigenvalue weighted by Gasteiger charge is -2.40. The minimum absolute atomic E-state index is 0.0505. The molecule has 4 aromatic carbocycles. The summed E-state index contributed by atoms with van der Waals surface area (Å²) in [4.78, 5) is 32.4. The first-order chi connectivity index (χ1) is 21.6. The first kappa shape index (κ1) is 29.4. The predicted molar refractivity (Wildman–Crippen MR) is 177 cm³/mol. The molecule has 4 aromatic rings. The van der Waals surface area contributed by atoms with Crippen LogP contribution in [0.5, 0.6) is 5.75 Å². The molecule has 45 heavy (non-hydrogen) atoms. The molecule has 7 rings (SSSR count). The Labute approximate surface area is 265 Å². The zero-order valence-electron chi connectivity index (χ0n) is 26.6. The van der Waals surface area contributed by atoms with Gasteiger partial charge in [0.15, 0.2) is 0 Å². The summed E-state index contributed by atoms with van der Waals surface area (Å²) in [5.74, 6) is 0.856. The summed E-state index contributed by atoms with van der Waals surface area (Å²) in [6.45, 7) is 9.36. The highest BCUT2D eigenvalue weighted by atomic mass is 16.6. The van der Waals surface area contributed by atoms with Gasteiger partial charge in [0.25, 0.3) is 5.91 Å². The van der Waals surface area contributed by atoms with Crippen molar-refractivity contribution in [3.63, 3.8) is 0 Å². The first-order valence-corrected chi connectivity index (χ1v) is 16.0. The standard InChI is InChI=1S/C38H41N3O4/c1-37(2,3)45-36(43)39-20-22-40(23-21-39)38(18-19-38)29-13-8-26(9-14-29)24-28-12-17-33-34-31(28)6-5-7-32(34)35(42)41(33)25-27-10-15-30(44-4)16-11-27/h5-17H,18-25H2,1-4H3. The minimum Gasteiger partial charge on any atom is -0.497 e. The largest absolute Gasteiger partial charge is 0.497 e. The molecule has 0 atom stereocenters. The fraction of sp³-hybridized carbons (Fsp3) is 0.368. The van der Waals surface area contributed by atoms with E-state index in [2.05, 4.69) is 47.4 Å². The van der Waals surface area contributed by atoms with Crippen LogP contribution >= 0.6 is 0 Å². The molecule has 0 radical (unpaired) electrons. The van der Waals surface area contributed by atoms with Crippen LogP contribution in [0.1, 0.15) is 66.2 Å². The number of piperazine rings is 1. The number of anilines is 1. The van der Waals surface area contributed by atoms with Crippen LogP contribution in [0.3, 0.4) is 0 Å². The van der Waals surface area contributed by atoms with E-state index in [0.717, 1.165) is 65.7 Å². The van der Waals surface area contributed by atoms with E-state index in [1.54, 1.807) is 7.11 Å². The highest BCUT2D eigenvalue weighted by Gasteiger charge is 2.50. The highest BCUT2D eigenvalue weighted by Crippen LogP contribution is 2.51. The van der Waals surface area contributed by atoms with E-state index in [1.807, 2.05) is 67.0 Å². The fourth-order valence-corrected chi connectivity index (χ4v) is 7.03. The minimum atomic E-state index is -0.476. The zero-order chi connectivity index (χ0) is 31.3. The Kier molecular flexibility index (Phi) is 7.32. The molecule has 0 aromatic heterocycles. The second kappa shape index (κ2) is 11.2. The van der Waals surface area contributed by atoms with Crippen molar-refractivity contribution in [1.29, 1.82) is 0 Å². The Morgan fingerprint density at radius 2 is 1.53 bits per heavy atom. The number of rotatable bonds is 7. The Balaban J connectivity index is 1.06. The Morgan fingerprint density at radius 1 is 0.844 bits per heavy atom. The van der Waals surface area contributed by atoms with Crippen molar-refractivity contribution >= 4 is 28.5 Å². The van der Waals surface area contributed by atoms with Gasteiger partial charge in [-0.2, -0.15) is 0 Å². The zero-order valence-corrected chi connectivity index (χ0v) is 26.6. The quantitative estimate of drug-likeness (QED) is 0.225. The molecular weight excluding hydrogens is 562 g/mol. The highest BCUT2D eigenvalue weighted by molar-refractivity contribution is 6.25. The van der Waals surface area contributed by atoms with Gasteiger partial charge in [-0.05, 0) is 91.9 Å². The SMILES string of the molecule is COc1ccc(CN2C(=O)c3cccc4c(Cc5ccc(C6(N7CCN(C(=O)OC(C)(C)C)CC7)CC6)cc5)ccc2c34)cc1. The van der Waals surface area contributed by atoms with Crippen LogP contribution in [0.15, 0.2) is 78.9 Å². The topological polar surface area (TPSA) is 62.3 Å². The van der Waals surface area contributed by atoms with Gasteiger partial charge in [-0.3, -0.25) is 9.69 Å². The van der Waals surface area contributed by atoms with E-state index >= 15 is 0 Å². The van der Waals surface area contributed by atoms with Gasteiger partial charge in [0.2, 0.25) is 0 Å². The lowest BCUT2D eigenvalue weighted by atomic mass is 9.94. The average Bonchev–Trinajstić information content (AvgIpc) is 3.81. The maximum absolute atomic E-state index is 13.5. The summed E-state index contributed by atoms with van der Waals surface area (Å²) < 4.78 is 10.9. The van der Waals surface area contributed by atoms with Gasteiger partial charge >= 0.3 is 6.09 Å². The van der Waals surface area contributed by atoms with Gasteiger partial charge in [-0.25, -0.2) is 4.79 Å². The number of carbonyl (C=O) groups excluding carboxylic acids is 2. The number of benzene rings is 4. The molecular formula is C38H41N3O4. The molecule has 2 fully saturated rings. The molecule has 2 aliphatic heterocycles. The van der Waals surface area contributed by atoms with Gasteiger partial charge in [-0.15, -0.1) is 0 Å². The molecule has 0 bridgehead atoms. The van der Waals surface area contributed by atoms with Crippen molar-refractivity contribution in [3.05, 3.63) is 107 Å². The smallest absolute Gasteiger partial charge is 0.410 e. The maximum Gasteiger partial charge on any atom is 0.410 e. The summed E-state index contributed by atoms with van der Waals surface area (Å²) in [6, 6.07) is 27.4. The van der Waals surface area contributed by atoms with Crippen LogP contribution in [0.4, 0.5) is 10.5 Å². The lowest BCUT2D eigenvalue weighted by Crippen LogP contribution is -2.53. The molecule has 0 spiro atoms. The van der Waals surface area contributed by atoms with Crippen LogP contribution in [-0.2, 0) is 23.2 Å². The molecule has 1 saturated carbocycles. The monoisotopic (exact) mass is 603 g/mol. The summed E-state index contributed by atoms with van der Waals surface area (Å²) in [5.41, 5.74) is 6.25. The van der Waals surface area contributed by atoms with E-state index in [-0.39, 0.29) is 17.5 Å². The fourth-order valence-electron chi connectivity index (χ4n) is 7.03. The van der Waals surface area contributed by atoms with Crippen LogP contribution in [0, 0.1) is 0 Å². The van der Waals surface area contributed by atoms with Crippen molar-refractivity contribution in [2.45, 2.75) is 57.7 Å². The van der Waals surface area contributed by atoms with Gasteiger partial charge in [0.1, 0.15) is 11.4 Å². The van der Waals surface area contributed by atoms with E-state index < -0.39 is 5.60 Å². The number of ether oxygens (including phenoxy) is 2. The van der Waals surface area contributed by atoms with Crippen molar-refractivity contribution < 1.29 is 19.1 Å². The van der Waals surface area contributed by atoms with Crippen molar-refractivity contribution in [2.24, 2.45) is 0 Å². The van der Waals surface area contributed by atoms with E-state index in [9.17, 15) is 9.59 Å². The molecule has 0 unspecified atom stereocenters. The first-order valence-electron chi connectivity index (χ1n) is 16.0. The second-order valence-corrected chi connectivity index (χ2v) is 13.6. The molecule has 1 saturated heterocycles. The van der Waals surface area contributed by atoms with Crippen LogP contribution in [0.2, 0.25) is 0 Å². The van der Waals surface area contributed by atoms with Crippen molar-refractivity contribution in [3.8, 4) is 5.75 Å². The molecule has 7 nitrogen and oxygen atoms in total. The van der Waals surface area contributed by atoms with Gasteiger partial charge in [0, 0.05) is 42.7 Å². The summed E-state index contributed by atoms with van der Waals surface area (Å²) >= 11 is 0. The Bertz CT molecular complexity index is 1750. The third-order valence-corrected chi connectivity index (χ3v) is 9.52. The summed E-state index contributed by atoms with van der Waals surface area (Å²) in [7, 11) is 1.66.